The largest absolute Gasteiger partial charge is 0.478 e. The van der Waals surface area contributed by atoms with Gasteiger partial charge in [-0.3, -0.25) is 0 Å². The van der Waals surface area contributed by atoms with Gasteiger partial charge in [0.1, 0.15) is 0 Å². The predicted molar refractivity (Wildman–Crippen MR) is 74.4 cm³/mol. The Balaban J connectivity index is 2.09. The number of fused-ring (bicyclic) bond motifs is 1. The molecule has 0 radical (unpaired) electrons. The van der Waals surface area contributed by atoms with E-state index in [2.05, 4.69) is 11.9 Å². The number of nitrogens with zero attached hydrogens (tertiary/aromatic N) is 1. The maximum Gasteiger partial charge on any atom is 0.335 e. The number of thiazole rings is 1. The van der Waals surface area contributed by atoms with Crippen LogP contribution in [0.1, 0.15) is 48.0 Å². The zero-order chi connectivity index (χ0) is 13.0. The summed E-state index contributed by atoms with van der Waals surface area (Å²) >= 11 is 1.61. The summed E-state index contributed by atoms with van der Waals surface area (Å²) in [6.45, 7) is 2.20. The van der Waals surface area contributed by atoms with E-state index in [-0.39, 0.29) is 0 Å². The normalized spacial score (nSPS) is 10.9. The van der Waals surface area contributed by atoms with Gasteiger partial charge < -0.3 is 5.11 Å². The van der Waals surface area contributed by atoms with Crippen LogP contribution in [0.5, 0.6) is 0 Å². The maximum absolute atomic E-state index is 10.9. The van der Waals surface area contributed by atoms with Gasteiger partial charge in [-0.05, 0) is 31.0 Å². The smallest absolute Gasteiger partial charge is 0.335 e. The molecule has 1 N–H and O–H groups in total. The average Bonchev–Trinajstić information content (AvgIpc) is 2.76. The first kappa shape index (κ1) is 13.0. The van der Waals surface area contributed by atoms with Gasteiger partial charge >= 0.3 is 5.97 Å². The van der Waals surface area contributed by atoms with Gasteiger partial charge in [-0.25, -0.2) is 9.78 Å². The Kier molecular flexibility index (Phi) is 4.31. The first-order chi connectivity index (χ1) is 8.70. The van der Waals surface area contributed by atoms with E-state index in [1.54, 1.807) is 29.5 Å². The third-order valence-electron chi connectivity index (χ3n) is 2.92. The van der Waals surface area contributed by atoms with Gasteiger partial charge in [0.15, 0.2) is 0 Å². The van der Waals surface area contributed by atoms with Crippen LogP contribution in [-0.2, 0) is 6.42 Å². The molecule has 1 aromatic heterocycles. The van der Waals surface area contributed by atoms with Crippen molar-refractivity contribution in [3.8, 4) is 0 Å². The molecule has 96 valence electrons. The fourth-order valence-corrected chi connectivity index (χ4v) is 2.96. The molecule has 4 heteroatoms. The third-order valence-corrected chi connectivity index (χ3v) is 4.00. The number of unbranched alkanes of at least 4 members (excludes halogenated alkanes) is 3. The van der Waals surface area contributed by atoms with E-state index in [0.29, 0.717) is 5.56 Å². The van der Waals surface area contributed by atoms with Crippen LogP contribution < -0.4 is 0 Å². The third kappa shape index (κ3) is 3.07. The second-order valence-corrected chi connectivity index (χ2v) is 5.52. The van der Waals surface area contributed by atoms with Crippen molar-refractivity contribution in [3.05, 3.63) is 28.8 Å². The average molecular weight is 263 g/mol. The lowest BCUT2D eigenvalue weighted by molar-refractivity contribution is 0.0697. The first-order valence-electron chi connectivity index (χ1n) is 6.33. The highest BCUT2D eigenvalue weighted by atomic mass is 32.1. The van der Waals surface area contributed by atoms with Crippen molar-refractivity contribution >= 4 is 27.5 Å². The Morgan fingerprint density at radius 1 is 1.33 bits per heavy atom. The molecule has 18 heavy (non-hydrogen) atoms. The minimum atomic E-state index is -0.880. The van der Waals surface area contributed by atoms with E-state index < -0.39 is 5.97 Å². The summed E-state index contributed by atoms with van der Waals surface area (Å²) in [5.74, 6) is -0.880. The monoisotopic (exact) mass is 263 g/mol. The van der Waals surface area contributed by atoms with Gasteiger partial charge in [0.25, 0.3) is 0 Å². The van der Waals surface area contributed by atoms with Crippen molar-refractivity contribution in [1.82, 2.24) is 4.98 Å². The summed E-state index contributed by atoms with van der Waals surface area (Å²) < 4.78 is 0.973. The molecule has 0 saturated carbocycles. The van der Waals surface area contributed by atoms with Crippen molar-refractivity contribution in [1.29, 1.82) is 0 Å². The zero-order valence-electron chi connectivity index (χ0n) is 10.5. The summed E-state index contributed by atoms with van der Waals surface area (Å²) in [6, 6.07) is 5.13. The van der Waals surface area contributed by atoms with Crippen LogP contribution in [0.25, 0.3) is 10.2 Å². The lowest BCUT2D eigenvalue weighted by Gasteiger charge is -1.95. The summed E-state index contributed by atoms with van der Waals surface area (Å²) in [5.41, 5.74) is 1.25. The van der Waals surface area contributed by atoms with Gasteiger partial charge in [0.2, 0.25) is 0 Å². The molecular formula is C14H17NO2S. The number of hydrogen-bond donors (Lipinski definition) is 1. The standard InChI is InChI=1S/C14H17NO2S/c1-2-3-4-5-6-13-15-11-8-7-10(14(16)17)9-12(11)18-13/h7-9H,2-6H2,1H3,(H,16,17). The second kappa shape index (κ2) is 5.96. The van der Waals surface area contributed by atoms with E-state index in [0.717, 1.165) is 21.6 Å². The van der Waals surface area contributed by atoms with Crippen molar-refractivity contribution in [2.24, 2.45) is 0 Å². The molecule has 0 spiro atoms. The molecule has 2 aromatic rings. The molecular weight excluding hydrogens is 246 g/mol. The molecule has 0 saturated heterocycles. The summed E-state index contributed by atoms with van der Waals surface area (Å²) in [5, 5.41) is 10.1. The molecule has 0 aliphatic heterocycles. The Labute approximate surface area is 110 Å². The van der Waals surface area contributed by atoms with Crippen molar-refractivity contribution in [3.63, 3.8) is 0 Å². The van der Waals surface area contributed by atoms with Gasteiger partial charge in [-0.15, -0.1) is 11.3 Å². The van der Waals surface area contributed by atoms with Crippen LogP contribution in [0.3, 0.4) is 0 Å². The zero-order valence-corrected chi connectivity index (χ0v) is 11.3. The van der Waals surface area contributed by atoms with Crippen molar-refractivity contribution in [2.75, 3.05) is 0 Å². The highest BCUT2D eigenvalue weighted by Crippen LogP contribution is 2.24. The van der Waals surface area contributed by atoms with E-state index in [9.17, 15) is 4.79 Å². The maximum atomic E-state index is 10.9. The number of carbonyl (C=O) groups is 1. The summed E-state index contributed by atoms with van der Waals surface area (Å²) in [6.07, 6.45) is 5.92. The number of rotatable bonds is 6. The molecule has 0 aliphatic carbocycles. The quantitative estimate of drug-likeness (QED) is 0.798. The van der Waals surface area contributed by atoms with Gasteiger partial charge in [0, 0.05) is 0 Å². The topological polar surface area (TPSA) is 50.2 Å². The second-order valence-electron chi connectivity index (χ2n) is 4.41. The number of carboxylic acids is 1. The Hall–Kier alpha value is -1.42. The van der Waals surface area contributed by atoms with Crippen LogP contribution in [-0.4, -0.2) is 16.1 Å². The summed E-state index contributed by atoms with van der Waals surface area (Å²) in [4.78, 5) is 15.4. The lowest BCUT2D eigenvalue weighted by Crippen LogP contribution is -1.94. The van der Waals surface area contributed by atoms with E-state index in [4.69, 9.17) is 5.11 Å². The summed E-state index contributed by atoms with van der Waals surface area (Å²) in [7, 11) is 0. The minimum absolute atomic E-state index is 0.337. The highest BCUT2D eigenvalue weighted by molar-refractivity contribution is 7.18. The Morgan fingerprint density at radius 2 is 2.17 bits per heavy atom. The number of benzene rings is 1. The first-order valence-corrected chi connectivity index (χ1v) is 7.15. The van der Waals surface area contributed by atoms with Crippen LogP contribution in [0.2, 0.25) is 0 Å². The fourth-order valence-electron chi connectivity index (χ4n) is 1.92. The number of aromatic carboxylic acids is 1. The molecule has 0 fully saturated rings. The number of aromatic nitrogens is 1. The van der Waals surface area contributed by atoms with Crippen molar-refractivity contribution in [2.45, 2.75) is 39.0 Å². The van der Waals surface area contributed by atoms with Crippen molar-refractivity contribution < 1.29 is 9.90 Å². The molecule has 1 aromatic carbocycles. The molecule has 0 atom stereocenters. The molecule has 0 aliphatic rings. The molecule has 0 amide bonds. The molecule has 3 nitrogen and oxygen atoms in total. The van der Waals surface area contributed by atoms with Crippen LogP contribution >= 0.6 is 11.3 Å². The Morgan fingerprint density at radius 3 is 2.89 bits per heavy atom. The molecule has 2 rings (SSSR count). The molecule has 0 bridgehead atoms. The fraction of sp³-hybridized carbons (Fsp3) is 0.429. The van der Waals surface area contributed by atoms with Crippen LogP contribution in [0, 0.1) is 0 Å². The van der Waals surface area contributed by atoms with E-state index in [1.165, 1.54) is 25.7 Å². The van der Waals surface area contributed by atoms with Gasteiger partial charge in [-0.2, -0.15) is 0 Å². The van der Waals surface area contributed by atoms with E-state index >= 15 is 0 Å². The molecule has 1 heterocycles. The molecule has 0 unspecified atom stereocenters. The van der Waals surface area contributed by atoms with Gasteiger partial charge in [0.05, 0.1) is 20.8 Å². The Bertz CT molecular complexity index is 548. The highest BCUT2D eigenvalue weighted by Gasteiger charge is 2.07. The number of carboxylic acid groups (broad SMARTS) is 1. The number of hydrogen-bond acceptors (Lipinski definition) is 3. The lowest BCUT2D eigenvalue weighted by atomic mass is 10.2. The van der Waals surface area contributed by atoms with E-state index in [1.807, 2.05) is 0 Å². The van der Waals surface area contributed by atoms with Crippen LogP contribution in [0.4, 0.5) is 0 Å². The minimum Gasteiger partial charge on any atom is -0.478 e. The number of aryl methyl sites for hydroxylation is 1. The van der Waals surface area contributed by atoms with Crippen LogP contribution in [0.15, 0.2) is 18.2 Å². The van der Waals surface area contributed by atoms with Gasteiger partial charge in [-0.1, -0.05) is 26.2 Å². The SMILES string of the molecule is CCCCCCc1nc2ccc(C(=O)O)cc2s1. The predicted octanol–water partition coefficient (Wildman–Crippen LogP) is 4.12.